The summed E-state index contributed by atoms with van der Waals surface area (Å²) in [6.07, 6.45) is 6.49. The standard InChI is InChI=1S/C23H31N2.HI/c1-25(2)14-6-5-9-23(25)17-24-22-12-10-18(11-13-22)21-15-19-7-3-4-8-20(19)16-21;/h3-4,7-8,10-13,21,23-24H,5-6,9,14-17H2,1-2H3;1H/q+1;/p-1. The molecule has 1 aliphatic carbocycles. The van der Waals surface area contributed by atoms with Crippen molar-refractivity contribution in [1.82, 2.24) is 0 Å². The van der Waals surface area contributed by atoms with Gasteiger partial charge in [-0.05, 0) is 60.4 Å². The smallest absolute Gasteiger partial charge is 0.106 e. The molecule has 0 saturated carbocycles. The third kappa shape index (κ3) is 4.25. The van der Waals surface area contributed by atoms with Gasteiger partial charge in [0.05, 0.1) is 27.2 Å². The topological polar surface area (TPSA) is 12.0 Å². The zero-order valence-corrected chi connectivity index (χ0v) is 18.2. The molecule has 1 unspecified atom stereocenters. The fourth-order valence-corrected chi connectivity index (χ4v) is 4.68. The number of halogens is 1. The van der Waals surface area contributed by atoms with Crippen LogP contribution in [0.15, 0.2) is 48.5 Å². The molecule has 140 valence electrons. The van der Waals surface area contributed by atoms with Crippen LogP contribution in [0.2, 0.25) is 0 Å². The molecule has 0 bridgehead atoms. The number of hydrogen-bond acceptors (Lipinski definition) is 1. The molecular weight excluding hydrogens is 431 g/mol. The number of fused-ring (bicyclic) bond motifs is 1. The second-order valence-corrected chi connectivity index (χ2v) is 8.53. The van der Waals surface area contributed by atoms with Crippen LogP contribution in [0.3, 0.4) is 0 Å². The first kappa shape index (κ1) is 19.7. The molecule has 0 aromatic heterocycles. The van der Waals surface area contributed by atoms with E-state index >= 15 is 0 Å². The van der Waals surface area contributed by atoms with Gasteiger partial charge in [0.15, 0.2) is 0 Å². The summed E-state index contributed by atoms with van der Waals surface area (Å²) in [5.74, 6) is 0.653. The summed E-state index contributed by atoms with van der Waals surface area (Å²) in [4.78, 5) is 0. The quantitative estimate of drug-likeness (QED) is 0.538. The van der Waals surface area contributed by atoms with Gasteiger partial charge in [0.1, 0.15) is 6.04 Å². The number of likely N-dealkylation sites (N-methyl/N-ethyl adjacent to an activating group) is 1. The van der Waals surface area contributed by atoms with E-state index in [2.05, 4.69) is 67.9 Å². The van der Waals surface area contributed by atoms with Gasteiger partial charge in [0, 0.05) is 12.1 Å². The Morgan fingerprint density at radius 1 is 0.923 bits per heavy atom. The highest BCUT2D eigenvalue weighted by molar-refractivity contribution is 5.47. The highest BCUT2D eigenvalue weighted by Crippen LogP contribution is 2.34. The van der Waals surface area contributed by atoms with Gasteiger partial charge in [-0.3, -0.25) is 0 Å². The number of anilines is 1. The van der Waals surface area contributed by atoms with Gasteiger partial charge in [-0.1, -0.05) is 36.4 Å². The zero-order chi connectivity index (χ0) is 17.3. The van der Waals surface area contributed by atoms with Gasteiger partial charge >= 0.3 is 0 Å². The Balaban J connectivity index is 0.00000196. The molecule has 4 rings (SSSR count). The van der Waals surface area contributed by atoms with Crippen molar-refractivity contribution < 1.29 is 28.5 Å². The Labute approximate surface area is 175 Å². The second kappa shape index (κ2) is 8.30. The molecule has 1 heterocycles. The first-order chi connectivity index (χ1) is 12.1. The van der Waals surface area contributed by atoms with Crippen molar-refractivity contribution >= 4 is 5.69 Å². The predicted octanol–water partition coefficient (Wildman–Crippen LogP) is 1.61. The number of hydrogen-bond donors (Lipinski definition) is 1. The van der Waals surface area contributed by atoms with E-state index in [1.165, 1.54) is 61.0 Å². The van der Waals surface area contributed by atoms with Gasteiger partial charge in [-0.15, -0.1) is 0 Å². The molecule has 0 spiro atoms. The van der Waals surface area contributed by atoms with E-state index in [1.807, 2.05) is 0 Å². The summed E-state index contributed by atoms with van der Waals surface area (Å²) < 4.78 is 1.16. The van der Waals surface area contributed by atoms with E-state index in [9.17, 15) is 0 Å². The lowest BCUT2D eigenvalue weighted by atomic mass is 9.96. The van der Waals surface area contributed by atoms with Gasteiger partial charge < -0.3 is 33.8 Å². The minimum Gasteiger partial charge on any atom is -1.00 e. The summed E-state index contributed by atoms with van der Waals surface area (Å²) >= 11 is 0. The maximum absolute atomic E-state index is 3.69. The third-order valence-corrected chi connectivity index (χ3v) is 6.49. The largest absolute Gasteiger partial charge is 1.00 e. The maximum Gasteiger partial charge on any atom is 0.106 e. The lowest BCUT2D eigenvalue weighted by Crippen LogP contribution is -3.00. The minimum absolute atomic E-state index is 0. The number of likely N-dealkylation sites (tertiary alicyclic amines) is 1. The van der Waals surface area contributed by atoms with Gasteiger partial charge in [0.25, 0.3) is 0 Å². The highest BCUT2D eigenvalue weighted by Gasteiger charge is 2.31. The Morgan fingerprint density at radius 2 is 1.58 bits per heavy atom. The summed E-state index contributed by atoms with van der Waals surface area (Å²) in [6, 6.07) is 18.9. The molecule has 3 heteroatoms. The monoisotopic (exact) mass is 462 g/mol. The van der Waals surface area contributed by atoms with Gasteiger partial charge in [-0.2, -0.15) is 0 Å². The molecule has 1 atom stereocenters. The average Bonchev–Trinajstić information content (AvgIpc) is 3.05. The van der Waals surface area contributed by atoms with Crippen LogP contribution in [0.4, 0.5) is 5.69 Å². The summed E-state index contributed by atoms with van der Waals surface area (Å²) in [5.41, 5.74) is 5.82. The Kier molecular flexibility index (Phi) is 6.29. The van der Waals surface area contributed by atoms with E-state index in [-0.39, 0.29) is 24.0 Å². The van der Waals surface area contributed by atoms with Crippen molar-refractivity contribution in [2.75, 3.05) is 32.5 Å². The number of piperidine rings is 1. The third-order valence-electron chi connectivity index (χ3n) is 6.49. The Bertz CT molecular complexity index is 698. The normalized spacial score (nSPS) is 21.7. The van der Waals surface area contributed by atoms with Crippen molar-refractivity contribution in [2.24, 2.45) is 0 Å². The number of benzene rings is 2. The van der Waals surface area contributed by atoms with Crippen LogP contribution in [0.5, 0.6) is 0 Å². The molecule has 1 aliphatic heterocycles. The van der Waals surface area contributed by atoms with Gasteiger partial charge in [0.2, 0.25) is 0 Å². The number of rotatable bonds is 4. The Hall–Kier alpha value is -1.07. The Morgan fingerprint density at radius 3 is 2.19 bits per heavy atom. The lowest BCUT2D eigenvalue weighted by molar-refractivity contribution is -0.918. The van der Waals surface area contributed by atoms with Crippen molar-refractivity contribution in [3.63, 3.8) is 0 Å². The first-order valence-electron chi connectivity index (χ1n) is 9.85. The summed E-state index contributed by atoms with van der Waals surface area (Å²) in [6.45, 7) is 2.40. The van der Waals surface area contributed by atoms with Crippen LogP contribution in [0.25, 0.3) is 0 Å². The molecule has 26 heavy (non-hydrogen) atoms. The molecule has 2 nitrogen and oxygen atoms in total. The van der Waals surface area contributed by atoms with E-state index in [0.717, 1.165) is 17.1 Å². The average molecular weight is 462 g/mol. The van der Waals surface area contributed by atoms with E-state index in [0.29, 0.717) is 5.92 Å². The predicted molar refractivity (Wildman–Crippen MR) is 106 cm³/mol. The lowest BCUT2D eigenvalue weighted by Gasteiger charge is -2.41. The molecule has 1 saturated heterocycles. The van der Waals surface area contributed by atoms with Crippen molar-refractivity contribution in [2.45, 2.75) is 44.1 Å². The van der Waals surface area contributed by atoms with Crippen molar-refractivity contribution in [3.8, 4) is 0 Å². The molecule has 0 amide bonds. The van der Waals surface area contributed by atoms with Crippen LogP contribution in [-0.2, 0) is 12.8 Å². The van der Waals surface area contributed by atoms with Crippen LogP contribution >= 0.6 is 0 Å². The molecule has 2 aromatic rings. The molecular formula is C23H31IN2. The molecule has 2 aromatic carbocycles. The van der Waals surface area contributed by atoms with Crippen LogP contribution in [-0.4, -0.2) is 37.7 Å². The highest BCUT2D eigenvalue weighted by atomic mass is 127. The maximum atomic E-state index is 3.69. The molecule has 1 fully saturated rings. The van der Waals surface area contributed by atoms with Crippen molar-refractivity contribution in [1.29, 1.82) is 0 Å². The first-order valence-corrected chi connectivity index (χ1v) is 9.85. The number of quaternary nitrogens is 1. The molecule has 1 N–H and O–H groups in total. The zero-order valence-electron chi connectivity index (χ0n) is 16.0. The fraction of sp³-hybridized carbons (Fsp3) is 0.478. The van der Waals surface area contributed by atoms with E-state index in [1.54, 1.807) is 0 Å². The fourth-order valence-electron chi connectivity index (χ4n) is 4.68. The number of nitrogens with one attached hydrogen (secondary N) is 1. The second-order valence-electron chi connectivity index (χ2n) is 8.53. The summed E-state index contributed by atoms with van der Waals surface area (Å²) in [5, 5.41) is 3.69. The van der Waals surface area contributed by atoms with Crippen LogP contribution in [0.1, 0.15) is 41.9 Å². The van der Waals surface area contributed by atoms with E-state index < -0.39 is 0 Å². The van der Waals surface area contributed by atoms with Crippen molar-refractivity contribution in [3.05, 3.63) is 65.2 Å². The van der Waals surface area contributed by atoms with Crippen LogP contribution in [0, 0.1) is 0 Å². The number of nitrogens with zero attached hydrogens (tertiary/aromatic N) is 1. The summed E-state index contributed by atoms with van der Waals surface area (Å²) in [7, 11) is 4.76. The van der Waals surface area contributed by atoms with E-state index in [4.69, 9.17) is 0 Å². The molecule has 0 radical (unpaired) electrons. The SMILES string of the molecule is C[N+]1(C)CCCCC1CNc1ccc(C2Cc3ccccc3C2)cc1.[I-]. The minimum atomic E-state index is 0. The van der Waals surface area contributed by atoms with Gasteiger partial charge in [-0.25, -0.2) is 0 Å². The van der Waals surface area contributed by atoms with Crippen LogP contribution < -0.4 is 29.3 Å². The molecule has 2 aliphatic rings.